The smallest absolute Gasteiger partial charge is 0.266 e. The molecule has 1 heterocycles. The van der Waals surface area contributed by atoms with Crippen LogP contribution in [0.25, 0.3) is 0 Å². The highest BCUT2D eigenvalue weighted by Gasteiger charge is 2.16. The number of carbonyl (C=O) groups excluding carboxylic acids is 1. The fourth-order valence-corrected chi connectivity index (χ4v) is 3.29. The lowest BCUT2D eigenvalue weighted by molar-refractivity contribution is 0.103. The molecule has 2 nitrogen and oxygen atoms in total. The molecule has 2 rings (SSSR count). The summed E-state index contributed by atoms with van der Waals surface area (Å²) in [5.74, 6) is -0.910. The Balaban J connectivity index is 2.31. The van der Waals surface area contributed by atoms with E-state index in [2.05, 4.69) is 21.2 Å². The number of hydrogen-bond donors (Lipinski definition) is 1. The Morgan fingerprint density at radius 2 is 1.94 bits per heavy atom. The van der Waals surface area contributed by atoms with Crippen molar-refractivity contribution >= 4 is 62.1 Å². The molecule has 0 saturated carbocycles. The molecule has 0 spiro atoms. The molecule has 0 unspecified atom stereocenters. The molecule has 0 fully saturated rings. The van der Waals surface area contributed by atoms with Gasteiger partial charge in [-0.25, -0.2) is 4.39 Å². The van der Waals surface area contributed by atoms with Crippen molar-refractivity contribution in [2.45, 2.75) is 0 Å². The van der Waals surface area contributed by atoms with Crippen LogP contribution in [0, 0.1) is 5.82 Å². The third-order valence-electron chi connectivity index (χ3n) is 2.07. The summed E-state index contributed by atoms with van der Waals surface area (Å²) >= 11 is 16.2. The van der Waals surface area contributed by atoms with Crippen LogP contribution >= 0.6 is 50.5 Å². The molecule has 7 heteroatoms. The van der Waals surface area contributed by atoms with Gasteiger partial charge >= 0.3 is 0 Å². The summed E-state index contributed by atoms with van der Waals surface area (Å²) in [4.78, 5) is 12.4. The second kappa shape index (κ2) is 5.57. The van der Waals surface area contributed by atoms with Gasteiger partial charge < -0.3 is 5.32 Å². The van der Waals surface area contributed by atoms with E-state index in [1.54, 1.807) is 11.4 Å². The number of benzene rings is 1. The Hall–Kier alpha value is -0.620. The second-order valence-corrected chi connectivity index (χ2v) is 5.88. The number of thiophene rings is 1. The third kappa shape index (κ3) is 2.85. The Morgan fingerprint density at radius 1 is 1.33 bits per heavy atom. The van der Waals surface area contributed by atoms with Crippen LogP contribution in [-0.4, -0.2) is 5.91 Å². The quantitative estimate of drug-likeness (QED) is 0.774. The highest BCUT2D eigenvalue weighted by Crippen LogP contribution is 2.32. The predicted octanol–water partition coefficient (Wildman–Crippen LogP) is 5.21. The maximum Gasteiger partial charge on any atom is 0.266 e. The van der Waals surface area contributed by atoms with Crippen molar-refractivity contribution in [1.29, 1.82) is 0 Å². The van der Waals surface area contributed by atoms with Crippen molar-refractivity contribution in [3.05, 3.63) is 48.8 Å². The summed E-state index contributed by atoms with van der Waals surface area (Å²) in [5, 5.41) is 4.44. The molecular weight excluding hydrogens is 364 g/mol. The van der Waals surface area contributed by atoms with E-state index in [0.29, 0.717) is 9.35 Å². The van der Waals surface area contributed by atoms with Crippen molar-refractivity contribution in [2.24, 2.45) is 0 Å². The minimum Gasteiger partial charge on any atom is -0.319 e. The fourth-order valence-electron chi connectivity index (χ4n) is 1.29. The molecule has 0 atom stereocenters. The van der Waals surface area contributed by atoms with Crippen LogP contribution in [-0.2, 0) is 0 Å². The van der Waals surface area contributed by atoms with Crippen molar-refractivity contribution in [3.63, 3.8) is 0 Å². The van der Waals surface area contributed by atoms with Crippen molar-refractivity contribution in [2.75, 3.05) is 5.32 Å². The van der Waals surface area contributed by atoms with Crippen LogP contribution in [0.4, 0.5) is 10.1 Å². The van der Waals surface area contributed by atoms with Crippen LogP contribution in [0.3, 0.4) is 0 Å². The third-order valence-corrected chi connectivity index (χ3v) is 4.50. The summed E-state index contributed by atoms with van der Waals surface area (Å²) in [7, 11) is 0. The first-order valence-corrected chi connectivity index (χ1v) is 7.11. The van der Waals surface area contributed by atoms with Gasteiger partial charge in [0.25, 0.3) is 5.91 Å². The lowest BCUT2D eigenvalue weighted by Crippen LogP contribution is -2.11. The summed E-state index contributed by atoms with van der Waals surface area (Å²) in [6, 6.07) is 3.94. The summed E-state index contributed by atoms with van der Waals surface area (Å²) in [5.41, 5.74) is 0.199. The van der Waals surface area contributed by atoms with Gasteiger partial charge in [-0.3, -0.25) is 4.79 Å². The van der Waals surface area contributed by atoms with Gasteiger partial charge in [-0.2, -0.15) is 0 Å². The zero-order valence-corrected chi connectivity index (χ0v) is 12.6. The van der Waals surface area contributed by atoms with Gasteiger partial charge in [-0.1, -0.05) is 23.2 Å². The maximum atomic E-state index is 13.0. The highest BCUT2D eigenvalue weighted by atomic mass is 79.9. The number of halogens is 4. The van der Waals surface area contributed by atoms with Gasteiger partial charge in [-0.15, -0.1) is 11.3 Å². The van der Waals surface area contributed by atoms with Crippen LogP contribution in [0.1, 0.15) is 9.67 Å². The Bertz CT molecular complexity index is 594. The Labute approximate surface area is 125 Å². The highest BCUT2D eigenvalue weighted by molar-refractivity contribution is 9.10. The lowest BCUT2D eigenvalue weighted by atomic mass is 10.3. The number of rotatable bonds is 2. The number of anilines is 1. The van der Waals surface area contributed by atoms with Crippen molar-refractivity contribution in [1.82, 2.24) is 0 Å². The first-order chi connectivity index (χ1) is 8.49. The maximum absolute atomic E-state index is 13.0. The van der Waals surface area contributed by atoms with Crippen molar-refractivity contribution in [3.8, 4) is 0 Å². The van der Waals surface area contributed by atoms with E-state index in [4.69, 9.17) is 23.2 Å². The normalized spacial score (nSPS) is 10.4. The first kappa shape index (κ1) is 13.8. The van der Waals surface area contributed by atoms with E-state index < -0.39 is 5.82 Å². The molecule has 0 aliphatic heterocycles. The summed E-state index contributed by atoms with van der Waals surface area (Å²) < 4.78 is 13.7. The molecule has 2 aromatic rings. The number of hydrogen-bond acceptors (Lipinski definition) is 2. The van der Waals surface area contributed by atoms with E-state index in [1.807, 2.05) is 0 Å². The molecule has 94 valence electrons. The van der Waals surface area contributed by atoms with E-state index in [1.165, 1.54) is 11.3 Å². The standard InChI is InChI=1S/C11H5BrCl2FNOS/c12-6-1-2-18-10(6)11(17)16-9-7(13)3-5(15)4-8(9)14/h1-4H,(H,16,17). The van der Waals surface area contributed by atoms with Crippen LogP contribution in [0.5, 0.6) is 0 Å². The van der Waals surface area contributed by atoms with Crippen molar-refractivity contribution < 1.29 is 9.18 Å². The molecule has 1 N–H and O–H groups in total. The van der Waals surface area contributed by atoms with Crippen LogP contribution in [0.2, 0.25) is 10.0 Å². The SMILES string of the molecule is O=C(Nc1c(Cl)cc(F)cc1Cl)c1sccc1Br. The minimum absolute atomic E-state index is 0.0565. The lowest BCUT2D eigenvalue weighted by Gasteiger charge is -2.08. The first-order valence-electron chi connectivity index (χ1n) is 4.68. The average molecular weight is 369 g/mol. The van der Waals surface area contributed by atoms with Gasteiger partial charge in [0, 0.05) is 4.47 Å². The molecule has 0 radical (unpaired) electrons. The van der Waals surface area contributed by atoms with E-state index in [9.17, 15) is 9.18 Å². The minimum atomic E-state index is -0.555. The molecule has 0 saturated heterocycles. The van der Waals surface area contributed by atoms with Crippen LogP contribution in [0.15, 0.2) is 28.1 Å². The largest absolute Gasteiger partial charge is 0.319 e. The molecule has 0 aliphatic carbocycles. The van der Waals surface area contributed by atoms with Gasteiger partial charge in [0.2, 0.25) is 0 Å². The van der Waals surface area contributed by atoms with Gasteiger partial charge in [0.05, 0.1) is 15.7 Å². The number of amides is 1. The summed E-state index contributed by atoms with van der Waals surface area (Å²) in [6.45, 7) is 0. The molecule has 0 aliphatic rings. The van der Waals surface area contributed by atoms with Gasteiger partial charge in [-0.05, 0) is 39.5 Å². The Morgan fingerprint density at radius 3 is 2.44 bits per heavy atom. The molecule has 1 aromatic heterocycles. The molecular formula is C11H5BrCl2FNOS. The van der Waals surface area contributed by atoms with Gasteiger partial charge in [0.15, 0.2) is 0 Å². The average Bonchev–Trinajstić information content (AvgIpc) is 2.69. The molecule has 1 aromatic carbocycles. The van der Waals surface area contributed by atoms with Crippen LogP contribution < -0.4 is 5.32 Å². The van der Waals surface area contributed by atoms with E-state index >= 15 is 0 Å². The van der Waals surface area contributed by atoms with E-state index in [0.717, 1.165) is 12.1 Å². The summed E-state index contributed by atoms with van der Waals surface area (Å²) in [6.07, 6.45) is 0. The fraction of sp³-hybridized carbons (Fsp3) is 0. The zero-order chi connectivity index (χ0) is 13.3. The molecule has 0 bridgehead atoms. The molecule has 18 heavy (non-hydrogen) atoms. The van der Waals surface area contributed by atoms with E-state index in [-0.39, 0.29) is 21.6 Å². The topological polar surface area (TPSA) is 29.1 Å². The zero-order valence-electron chi connectivity index (χ0n) is 8.64. The predicted molar refractivity (Wildman–Crippen MR) is 76.4 cm³/mol. The monoisotopic (exact) mass is 367 g/mol. The van der Waals surface area contributed by atoms with Gasteiger partial charge in [0.1, 0.15) is 10.7 Å². The number of nitrogens with one attached hydrogen (secondary N) is 1. The Kier molecular flexibility index (Phi) is 4.27. The number of carbonyl (C=O) groups is 1. The second-order valence-electron chi connectivity index (χ2n) is 3.30. The molecule has 1 amide bonds.